The van der Waals surface area contributed by atoms with Gasteiger partial charge < -0.3 is 4.74 Å². The van der Waals surface area contributed by atoms with Crippen molar-refractivity contribution in [2.75, 3.05) is 6.54 Å². The summed E-state index contributed by atoms with van der Waals surface area (Å²) < 4.78 is 8.25. The molecule has 7 rings (SSSR count). The predicted molar refractivity (Wildman–Crippen MR) is 115 cm³/mol. The highest BCUT2D eigenvalue weighted by atomic mass is 32.1. The number of rotatable bonds is 3. The monoisotopic (exact) mass is 424 g/mol. The fourth-order valence-corrected chi connectivity index (χ4v) is 7.71. The summed E-state index contributed by atoms with van der Waals surface area (Å²) in [6.07, 6.45) is 12.7. The first kappa shape index (κ1) is 18.8. The molecule has 30 heavy (non-hydrogen) atoms. The summed E-state index contributed by atoms with van der Waals surface area (Å²) in [5, 5.41) is 3.15. The molecule has 5 nitrogen and oxygen atoms in total. The number of amides is 1. The van der Waals surface area contributed by atoms with Gasteiger partial charge in [0.05, 0.1) is 11.7 Å². The molecule has 5 aliphatic rings. The lowest BCUT2D eigenvalue weighted by Crippen LogP contribution is -2.51. The van der Waals surface area contributed by atoms with Gasteiger partial charge in [0.15, 0.2) is 12.4 Å². The van der Waals surface area contributed by atoms with Crippen LogP contribution in [-0.4, -0.2) is 28.6 Å². The number of hydrogen-bond donors (Lipinski definition) is 0. The number of pyridine rings is 1. The van der Waals surface area contributed by atoms with Gasteiger partial charge in [-0.15, -0.1) is 11.3 Å². The van der Waals surface area contributed by atoms with Gasteiger partial charge in [0.2, 0.25) is 0 Å². The van der Waals surface area contributed by atoms with Crippen LogP contribution in [0.5, 0.6) is 0 Å². The van der Waals surface area contributed by atoms with Crippen LogP contribution in [0.3, 0.4) is 0 Å². The molecule has 5 fully saturated rings. The Morgan fingerprint density at radius 2 is 1.83 bits per heavy atom. The third-order valence-electron chi connectivity index (χ3n) is 7.95. The van der Waals surface area contributed by atoms with Gasteiger partial charge in [-0.05, 0) is 68.6 Å². The van der Waals surface area contributed by atoms with Crippen LogP contribution in [0.25, 0.3) is 11.3 Å². The minimum absolute atomic E-state index is 0.0629. The van der Waals surface area contributed by atoms with E-state index in [0.717, 1.165) is 47.5 Å². The normalized spacial score (nSPS) is 34.5. The van der Waals surface area contributed by atoms with Crippen molar-refractivity contribution < 1.29 is 14.1 Å². The Labute approximate surface area is 182 Å². The molecule has 1 atom stereocenters. The Hall–Kier alpha value is -1.95. The van der Waals surface area contributed by atoms with Crippen molar-refractivity contribution in [1.29, 1.82) is 0 Å². The number of hydrogen-bond acceptors (Lipinski definition) is 4. The minimum atomic E-state index is -0.0986. The summed E-state index contributed by atoms with van der Waals surface area (Å²) in [5.41, 5.74) is 2.12. The first-order valence-electron chi connectivity index (χ1n) is 11.5. The smallest absolute Gasteiger partial charge is 0.410 e. The summed E-state index contributed by atoms with van der Waals surface area (Å²) >= 11 is 1.67. The Morgan fingerprint density at radius 3 is 2.53 bits per heavy atom. The summed E-state index contributed by atoms with van der Waals surface area (Å²) in [4.78, 5) is 20.1. The molecule has 0 aromatic carbocycles. The summed E-state index contributed by atoms with van der Waals surface area (Å²) in [6.45, 7) is 0.785. The molecule has 3 heterocycles. The van der Waals surface area contributed by atoms with Gasteiger partial charge in [-0.1, -0.05) is 0 Å². The summed E-state index contributed by atoms with van der Waals surface area (Å²) in [6, 6.07) is 4.24. The molecule has 1 aliphatic heterocycles. The molecule has 0 spiro atoms. The van der Waals surface area contributed by atoms with Gasteiger partial charge in [-0.3, -0.25) is 4.90 Å². The number of aryl methyl sites for hydroxylation is 1. The standard InChI is InChI=1S/C24H30N3O2S/c1-26-7-4-17(5-8-26)20-14-30-23(25-20)21-3-2-6-27(21)24(28)29-22-18-10-15-9-16(12-18)13-19(22)11-15/h4-5,7-8,14-16,18-19,21-22H,2-3,6,9-13H2,1H3/q+1/t15?,16?,18?,19?,21-,22?/m1/s1. The second-order valence-electron chi connectivity index (χ2n) is 9.95. The van der Waals surface area contributed by atoms with Crippen molar-refractivity contribution in [3.63, 3.8) is 0 Å². The number of thiazole rings is 1. The highest BCUT2D eigenvalue weighted by Crippen LogP contribution is 2.55. The molecular formula is C24H30N3O2S+. The van der Waals surface area contributed by atoms with Crippen molar-refractivity contribution in [1.82, 2.24) is 9.88 Å². The Bertz CT molecular complexity index is 912. The van der Waals surface area contributed by atoms with Crippen molar-refractivity contribution in [3.8, 4) is 11.3 Å². The van der Waals surface area contributed by atoms with Crippen LogP contribution < -0.4 is 4.57 Å². The third-order valence-corrected chi connectivity index (χ3v) is 8.89. The van der Waals surface area contributed by atoms with E-state index in [0.29, 0.717) is 11.8 Å². The zero-order valence-electron chi connectivity index (χ0n) is 17.6. The lowest BCUT2D eigenvalue weighted by Gasteiger charge is -2.53. The molecule has 2 aromatic heterocycles. The van der Waals surface area contributed by atoms with E-state index in [1.165, 1.54) is 32.1 Å². The van der Waals surface area contributed by atoms with E-state index in [1.54, 1.807) is 11.3 Å². The maximum atomic E-state index is 13.2. The van der Waals surface area contributed by atoms with Crippen molar-refractivity contribution in [2.24, 2.45) is 30.7 Å². The number of aromatic nitrogens is 2. The number of likely N-dealkylation sites (tertiary alicyclic amines) is 1. The molecule has 158 valence electrons. The van der Waals surface area contributed by atoms with Gasteiger partial charge in [-0.25, -0.2) is 14.3 Å². The van der Waals surface area contributed by atoms with Gasteiger partial charge >= 0.3 is 6.09 Å². The molecule has 0 N–H and O–H groups in total. The lowest BCUT2D eigenvalue weighted by atomic mass is 9.55. The maximum absolute atomic E-state index is 13.2. The average Bonchev–Trinajstić information content (AvgIpc) is 3.40. The number of ether oxygens (including phenoxy) is 1. The summed E-state index contributed by atoms with van der Waals surface area (Å²) in [7, 11) is 2.02. The van der Waals surface area contributed by atoms with Crippen LogP contribution in [-0.2, 0) is 11.8 Å². The van der Waals surface area contributed by atoms with Crippen molar-refractivity contribution in [2.45, 2.75) is 57.1 Å². The molecule has 4 bridgehead atoms. The molecule has 0 unspecified atom stereocenters. The van der Waals surface area contributed by atoms with Crippen molar-refractivity contribution >= 4 is 17.4 Å². The van der Waals surface area contributed by atoms with E-state index in [4.69, 9.17) is 9.72 Å². The highest BCUT2D eigenvalue weighted by molar-refractivity contribution is 7.10. The van der Waals surface area contributed by atoms with Gasteiger partial charge in [0.25, 0.3) is 0 Å². The van der Waals surface area contributed by atoms with Crippen LogP contribution in [0.4, 0.5) is 4.79 Å². The molecule has 1 saturated heterocycles. The largest absolute Gasteiger partial charge is 0.445 e. The first-order valence-corrected chi connectivity index (χ1v) is 12.4. The molecule has 1 amide bonds. The Balaban J connectivity index is 1.17. The maximum Gasteiger partial charge on any atom is 0.410 e. The van der Waals surface area contributed by atoms with Crippen molar-refractivity contribution in [3.05, 3.63) is 34.9 Å². The van der Waals surface area contributed by atoms with E-state index >= 15 is 0 Å². The van der Waals surface area contributed by atoms with Crippen LogP contribution in [0.15, 0.2) is 29.9 Å². The second-order valence-corrected chi connectivity index (χ2v) is 10.8. The number of nitrogens with zero attached hydrogens (tertiary/aromatic N) is 3. The van der Waals surface area contributed by atoms with Crippen LogP contribution in [0.1, 0.15) is 56.0 Å². The van der Waals surface area contributed by atoms with Gasteiger partial charge in [0, 0.05) is 29.6 Å². The third kappa shape index (κ3) is 3.24. The van der Waals surface area contributed by atoms with Crippen LogP contribution >= 0.6 is 11.3 Å². The molecule has 6 heteroatoms. The molecule has 4 aliphatic carbocycles. The average molecular weight is 425 g/mol. The summed E-state index contributed by atoms with van der Waals surface area (Å²) in [5.74, 6) is 3.01. The Kier molecular flexibility index (Phi) is 4.59. The highest BCUT2D eigenvalue weighted by Gasteiger charge is 2.50. The van der Waals surface area contributed by atoms with E-state index in [2.05, 4.69) is 17.5 Å². The SMILES string of the molecule is C[n+]1ccc(-c2csc([C@H]3CCCN3C(=O)OC3C4CC5CC(C4)CC3C5)n2)cc1. The van der Waals surface area contributed by atoms with E-state index in [9.17, 15) is 4.79 Å². The quantitative estimate of drug-likeness (QED) is 0.669. The number of carbonyl (C=O) groups is 1. The zero-order valence-corrected chi connectivity index (χ0v) is 18.4. The first-order chi connectivity index (χ1) is 14.6. The molecule has 2 aromatic rings. The van der Waals surface area contributed by atoms with E-state index in [1.807, 2.05) is 28.9 Å². The van der Waals surface area contributed by atoms with E-state index < -0.39 is 0 Å². The fourth-order valence-electron chi connectivity index (χ4n) is 6.74. The minimum Gasteiger partial charge on any atom is -0.445 e. The Morgan fingerprint density at radius 1 is 1.13 bits per heavy atom. The molecule has 0 radical (unpaired) electrons. The van der Waals surface area contributed by atoms with E-state index in [-0.39, 0.29) is 18.2 Å². The van der Waals surface area contributed by atoms with Gasteiger partial charge in [0.1, 0.15) is 18.2 Å². The molecule has 4 saturated carbocycles. The van der Waals surface area contributed by atoms with Crippen LogP contribution in [0.2, 0.25) is 0 Å². The number of carbonyl (C=O) groups excluding carboxylic acids is 1. The fraction of sp³-hybridized carbons (Fsp3) is 0.625. The van der Waals surface area contributed by atoms with Crippen LogP contribution in [0, 0.1) is 23.7 Å². The molecular weight excluding hydrogens is 394 g/mol. The lowest BCUT2D eigenvalue weighted by molar-refractivity contribution is -0.671. The van der Waals surface area contributed by atoms with Gasteiger partial charge in [-0.2, -0.15) is 0 Å². The second kappa shape index (κ2) is 7.33. The zero-order chi connectivity index (χ0) is 20.2. The predicted octanol–water partition coefficient (Wildman–Crippen LogP) is 4.73. The topological polar surface area (TPSA) is 46.3 Å².